The molecule has 0 radical (unpaired) electrons. The van der Waals surface area contributed by atoms with E-state index in [0.717, 1.165) is 16.6 Å². The molecule has 1 heterocycles. The van der Waals surface area contributed by atoms with Crippen LogP contribution in [0.5, 0.6) is 0 Å². The molecule has 1 aromatic carbocycles. The minimum absolute atomic E-state index is 0.154. The molecule has 0 spiro atoms. The molecule has 0 aromatic heterocycles. The summed E-state index contributed by atoms with van der Waals surface area (Å²) in [5.41, 5.74) is 0.981. The lowest BCUT2D eigenvalue weighted by atomic mass is 9.99. The quantitative estimate of drug-likeness (QED) is 0.932. The van der Waals surface area contributed by atoms with Crippen molar-refractivity contribution in [3.8, 4) is 0 Å². The zero-order chi connectivity index (χ0) is 13.3. The van der Waals surface area contributed by atoms with Gasteiger partial charge in [0.2, 0.25) is 0 Å². The zero-order valence-electron chi connectivity index (χ0n) is 10.1. The van der Waals surface area contributed by atoms with Gasteiger partial charge < -0.3 is 5.11 Å². The normalized spacial score (nSPS) is 24.4. The third-order valence-corrected chi connectivity index (χ3v) is 4.15. The Morgan fingerprint density at radius 3 is 2.83 bits per heavy atom. The number of rotatable bonds is 3. The summed E-state index contributed by atoms with van der Waals surface area (Å²) in [6.07, 6.45) is 0. The third-order valence-electron chi connectivity index (χ3n) is 3.41. The number of carboxylic acids is 1. The summed E-state index contributed by atoms with van der Waals surface area (Å²) in [5, 5.41) is 9.07. The Kier molecular flexibility index (Phi) is 4.02. The number of hydrogen-bond donors (Lipinski definition) is 1. The van der Waals surface area contributed by atoms with Crippen LogP contribution in [0.2, 0.25) is 0 Å². The van der Waals surface area contributed by atoms with Crippen molar-refractivity contribution in [1.29, 1.82) is 0 Å². The molecule has 98 valence electrons. The van der Waals surface area contributed by atoms with Crippen molar-refractivity contribution in [2.24, 2.45) is 11.8 Å². The summed E-state index contributed by atoms with van der Waals surface area (Å²) < 4.78 is 13.7. The number of aliphatic carboxylic acids is 1. The zero-order valence-corrected chi connectivity index (χ0v) is 11.7. The van der Waals surface area contributed by atoms with Crippen molar-refractivity contribution in [3.05, 3.63) is 34.1 Å². The molecule has 1 aromatic rings. The van der Waals surface area contributed by atoms with Crippen molar-refractivity contribution >= 4 is 21.9 Å². The minimum Gasteiger partial charge on any atom is -0.481 e. The first-order valence-electron chi connectivity index (χ1n) is 5.86. The lowest BCUT2D eigenvalue weighted by Gasteiger charge is -2.16. The summed E-state index contributed by atoms with van der Waals surface area (Å²) in [6, 6.07) is 4.59. The number of carboxylic acid groups (broad SMARTS) is 1. The minimum atomic E-state index is -0.733. The van der Waals surface area contributed by atoms with Gasteiger partial charge in [0.1, 0.15) is 5.82 Å². The van der Waals surface area contributed by atoms with Crippen LogP contribution in [0.15, 0.2) is 22.7 Å². The predicted molar refractivity (Wildman–Crippen MR) is 69.7 cm³/mol. The standard InChI is InChI=1S/C13H15BrFNO2/c1-8-5-16(7-11(8)13(17)18)6-9-2-3-10(15)4-12(9)14/h2-4,8,11H,5-7H2,1H3,(H,17,18)/t8-,11-/m1/s1. The van der Waals surface area contributed by atoms with E-state index in [9.17, 15) is 9.18 Å². The van der Waals surface area contributed by atoms with Crippen molar-refractivity contribution in [1.82, 2.24) is 4.90 Å². The van der Waals surface area contributed by atoms with Crippen LogP contribution in [0.1, 0.15) is 12.5 Å². The van der Waals surface area contributed by atoms with E-state index in [-0.39, 0.29) is 17.7 Å². The fraction of sp³-hybridized carbons (Fsp3) is 0.462. The number of benzene rings is 1. The first kappa shape index (κ1) is 13.5. The van der Waals surface area contributed by atoms with Crippen LogP contribution in [0.4, 0.5) is 4.39 Å². The van der Waals surface area contributed by atoms with Gasteiger partial charge in [-0.1, -0.05) is 28.9 Å². The molecular formula is C13H15BrFNO2. The molecule has 0 unspecified atom stereocenters. The number of carbonyl (C=O) groups is 1. The Morgan fingerprint density at radius 2 is 2.28 bits per heavy atom. The molecule has 2 atom stereocenters. The van der Waals surface area contributed by atoms with Crippen LogP contribution in [0.3, 0.4) is 0 Å². The maximum absolute atomic E-state index is 13.0. The molecule has 1 saturated heterocycles. The van der Waals surface area contributed by atoms with Crippen LogP contribution < -0.4 is 0 Å². The first-order chi connectivity index (χ1) is 8.47. The molecule has 0 bridgehead atoms. The van der Waals surface area contributed by atoms with Crippen LogP contribution in [-0.4, -0.2) is 29.1 Å². The second-order valence-corrected chi connectivity index (χ2v) is 5.71. The molecule has 18 heavy (non-hydrogen) atoms. The van der Waals surface area contributed by atoms with E-state index in [0.29, 0.717) is 13.1 Å². The van der Waals surface area contributed by atoms with Gasteiger partial charge in [-0.25, -0.2) is 4.39 Å². The van der Waals surface area contributed by atoms with Crippen LogP contribution in [0, 0.1) is 17.7 Å². The van der Waals surface area contributed by atoms with Gasteiger partial charge in [-0.2, -0.15) is 0 Å². The summed E-state index contributed by atoms with van der Waals surface area (Å²) in [4.78, 5) is 13.1. The molecule has 1 aliphatic heterocycles. The molecule has 3 nitrogen and oxygen atoms in total. The van der Waals surface area contributed by atoms with E-state index in [1.165, 1.54) is 12.1 Å². The molecule has 0 saturated carbocycles. The number of nitrogens with zero attached hydrogens (tertiary/aromatic N) is 1. The summed E-state index contributed by atoms with van der Waals surface area (Å²) in [7, 11) is 0. The van der Waals surface area contributed by atoms with E-state index in [4.69, 9.17) is 5.11 Å². The second-order valence-electron chi connectivity index (χ2n) is 4.85. The summed E-state index contributed by atoms with van der Waals surface area (Å²) in [5.74, 6) is -1.15. The van der Waals surface area contributed by atoms with Crippen LogP contribution in [-0.2, 0) is 11.3 Å². The van der Waals surface area contributed by atoms with Gasteiger partial charge in [0.25, 0.3) is 0 Å². The van der Waals surface area contributed by atoms with E-state index in [2.05, 4.69) is 20.8 Å². The molecule has 0 amide bonds. The van der Waals surface area contributed by atoms with Gasteiger partial charge >= 0.3 is 5.97 Å². The van der Waals surface area contributed by atoms with Crippen molar-refractivity contribution in [3.63, 3.8) is 0 Å². The van der Waals surface area contributed by atoms with E-state index >= 15 is 0 Å². The molecule has 1 aliphatic rings. The Morgan fingerprint density at radius 1 is 1.56 bits per heavy atom. The fourth-order valence-corrected chi connectivity index (χ4v) is 2.88. The monoisotopic (exact) mass is 315 g/mol. The average molecular weight is 316 g/mol. The predicted octanol–water partition coefficient (Wildman–Crippen LogP) is 2.74. The third kappa shape index (κ3) is 2.90. The second kappa shape index (κ2) is 5.36. The van der Waals surface area contributed by atoms with Crippen LogP contribution >= 0.6 is 15.9 Å². The Balaban J connectivity index is 2.05. The van der Waals surface area contributed by atoms with Crippen molar-refractivity contribution in [2.45, 2.75) is 13.5 Å². The highest BCUT2D eigenvalue weighted by atomic mass is 79.9. The maximum atomic E-state index is 13.0. The smallest absolute Gasteiger partial charge is 0.308 e. The Hall–Kier alpha value is -0.940. The number of hydrogen-bond acceptors (Lipinski definition) is 2. The number of likely N-dealkylation sites (tertiary alicyclic amines) is 1. The number of halogens is 2. The van der Waals surface area contributed by atoms with Gasteiger partial charge in [-0.15, -0.1) is 0 Å². The molecule has 5 heteroatoms. The largest absolute Gasteiger partial charge is 0.481 e. The summed E-state index contributed by atoms with van der Waals surface area (Å²) >= 11 is 3.33. The van der Waals surface area contributed by atoms with E-state index in [1.54, 1.807) is 6.07 Å². The molecule has 1 N–H and O–H groups in total. The van der Waals surface area contributed by atoms with Gasteiger partial charge in [0, 0.05) is 24.1 Å². The van der Waals surface area contributed by atoms with Crippen LogP contribution in [0.25, 0.3) is 0 Å². The molecule has 1 fully saturated rings. The van der Waals surface area contributed by atoms with Gasteiger partial charge in [-0.3, -0.25) is 9.69 Å². The molecular weight excluding hydrogens is 301 g/mol. The SMILES string of the molecule is C[C@@H]1CN(Cc2ccc(F)cc2Br)C[C@H]1C(=O)O. The Bertz CT molecular complexity index is 466. The maximum Gasteiger partial charge on any atom is 0.308 e. The van der Waals surface area contributed by atoms with Crippen molar-refractivity contribution < 1.29 is 14.3 Å². The Labute approximate surface area is 114 Å². The molecule has 2 rings (SSSR count). The van der Waals surface area contributed by atoms with Crippen molar-refractivity contribution in [2.75, 3.05) is 13.1 Å². The highest BCUT2D eigenvalue weighted by Crippen LogP contribution is 2.27. The first-order valence-corrected chi connectivity index (χ1v) is 6.65. The lowest BCUT2D eigenvalue weighted by molar-refractivity contribution is -0.142. The topological polar surface area (TPSA) is 40.5 Å². The van der Waals surface area contributed by atoms with E-state index < -0.39 is 5.97 Å². The fourth-order valence-electron chi connectivity index (χ4n) is 2.41. The van der Waals surface area contributed by atoms with Gasteiger partial charge in [0.05, 0.1) is 5.92 Å². The van der Waals surface area contributed by atoms with E-state index in [1.807, 2.05) is 6.92 Å². The average Bonchev–Trinajstić information content (AvgIpc) is 2.64. The highest BCUT2D eigenvalue weighted by molar-refractivity contribution is 9.10. The lowest BCUT2D eigenvalue weighted by Crippen LogP contribution is -2.23. The van der Waals surface area contributed by atoms with Gasteiger partial charge in [0.15, 0.2) is 0 Å². The van der Waals surface area contributed by atoms with Gasteiger partial charge in [-0.05, 0) is 23.6 Å². The molecule has 0 aliphatic carbocycles. The highest BCUT2D eigenvalue weighted by Gasteiger charge is 2.34. The summed E-state index contributed by atoms with van der Waals surface area (Å²) in [6.45, 7) is 3.93.